The highest BCUT2D eigenvalue weighted by Gasteiger charge is 2.40. The molecule has 0 spiro atoms. The number of hydrazine groups is 1. The van der Waals surface area contributed by atoms with Gasteiger partial charge in [-0.1, -0.05) is 23.7 Å². The van der Waals surface area contributed by atoms with Crippen LogP contribution in [0.15, 0.2) is 40.1 Å². The molecule has 3 heterocycles. The fourth-order valence-electron chi connectivity index (χ4n) is 4.15. The van der Waals surface area contributed by atoms with Gasteiger partial charge in [-0.3, -0.25) is 14.8 Å². The summed E-state index contributed by atoms with van der Waals surface area (Å²) in [5.41, 5.74) is 8.17. The zero-order valence-electron chi connectivity index (χ0n) is 15.2. The van der Waals surface area contributed by atoms with E-state index in [1.54, 1.807) is 6.20 Å². The van der Waals surface area contributed by atoms with Crippen LogP contribution in [0.1, 0.15) is 23.6 Å². The van der Waals surface area contributed by atoms with Crippen LogP contribution in [0, 0.1) is 5.92 Å². The lowest BCUT2D eigenvalue weighted by atomic mass is 9.85. The van der Waals surface area contributed by atoms with Crippen molar-refractivity contribution in [3.63, 3.8) is 0 Å². The van der Waals surface area contributed by atoms with Gasteiger partial charge in [-0.05, 0) is 37.1 Å². The highest BCUT2D eigenvalue weighted by atomic mass is 35.5. The number of piperidine rings is 1. The number of nitrogens with one attached hydrogen (secondary N) is 3. The maximum Gasteiger partial charge on any atom is 0.328 e. The quantitative estimate of drug-likeness (QED) is 0.721. The number of likely N-dealkylation sites (tertiary alicyclic amines) is 1. The molecule has 0 radical (unpaired) electrons. The van der Waals surface area contributed by atoms with Gasteiger partial charge in [0.1, 0.15) is 0 Å². The molecule has 8 heteroatoms. The molecule has 3 unspecified atom stereocenters. The molecule has 7 nitrogen and oxygen atoms in total. The van der Waals surface area contributed by atoms with Crippen LogP contribution in [-0.2, 0) is 13.5 Å². The molecule has 2 fully saturated rings. The smallest absolute Gasteiger partial charge is 0.314 e. The summed E-state index contributed by atoms with van der Waals surface area (Å²) in [7, 11) is 1.50. The predicted molar refractivity (Wildman–Crippen MR) is 105 cm³/mol. The minimum atomic E-state index is -0.376. The molecular weight excluding hydrogens is 366 g/mol. The first kappa shape index (κ1) is 18.4. The predicted octanol–water partition coefficient (Wildman–Crippen LogP) is 0.809. The summed E-state index contributed by atoms with van der Waals surface area (Å²) in [6.45, 7) is 2.76. The average molecular weight is 390 g/mol. The van der Waals surface area contributed by atoms with E-state index in [0.29, 0.717) is 23.9 Å². The van der Waals surface area contributed by atoms with Gasteiger partial charge in [0.15, 0.2) is 0 Å². The Balaban J connectivity index is 1.43. The van der Waals surface area contributed by atoms with E-state index in [1.807, 2.05) is 12.1 Å². The Bertz CT molecular complexity index is 923. The molecule has 2 aromatic rings. The van der Waals surface area contributed by atoms with Crippen LogP contribution < -0.4 is 22.1 Å². The number of benzene rings is 1. The second-order valence-corrected chi connectivity index (χ2v) is 7.85. The van der Waals surface area contributed by atoms with Gasteiger partial charge in [-0.15, -0.1) is 0 Å². The van der Waals surface area contributed by atoms with E-state index in [9.17, 15) is 9.59 Å². The maximum atomic E-state index is 12.2. The van der Waals surface area contributed by atoms with Crippen molar-refractivity contribution in [3.8, 4) is 0 Å². The molecule has 0 aliphatic carbocycles. The van der Waals surface area contributed by atoms with Gasteiger partial charge in [-0.2, -0.15) is 0 Å². The minimum absolute atomic E-state index is 0.211. The number of halogens is 1. The molecule has 2 aliphatic heterocycles. The third-order valence-electron chi connectivity index (χ3n) is 5.77. The Labute approximate surface area is 162 Å². The average Bonchev–Trinajstić information content (AvgIpc) is 3.09. The molecule has 144 valence electrons. The number of aromatic amines is 1. The highest BCUT2D eigenvalue weighted by molar-refractivity contribution is 6.30. The van der Waals surface area contributed by atoms with Crippen LogP contribution in [-0.4, -0.2) is 40.1 Å². The molecule has 3 atom stereocenters. The SMILES string of the molecule is Cn1c(=O)[nH]cc(CCN2CCC3NNC(c4ccc(Cl)cc4)C3C2)c1=O. The molecule has 0 amide bonds. The van der Waals surface area contributed by atoms with Crippen LogP contribution in [0.5, 0.6) is 0 Å². The fourth-order valence-corrected chi connectivity index (χ4v) is 4.28. The summed E-state index contributed by atoms with van der Waals surface area (Å²) in [5.74, 6) is 0.457. The van der Waals surface area contributed by atoms with Crippen molar-refractivity contribution in [3.05, 3.63) is 67.4 Å². The van der Waals surface area contributed by atoms with Crippen molar-refractivity contribution < 1.29 is 0 Å². The van der Waals surface area contributed by atoms with Crippen LogP contribution in [0.4, 0.5) is 0 Å². The highest BCUT2D eigenvalue weighted by Crippen LogP contribution is 2.34. The van der Waals surface area contributed by atoms with Gasteiger partial charge in [0.2, 0.25) is 0 Å². The van der Waals surface area contributed by atoms with E-state index in [0.717, 1.165) is 35.6 Å². The number of H-pyrrole nitrogens is 1. The normalized spacial score (nSPS) is 25.5. The van der Waals surface area contributed by atoms with Gasteiger partial charge >= 0.3 is 5.69 Å². The van der Waals surface area contributed by atoms with Crippen LogP contribution in [0.25, 0.3) is 0 Å². The number of rotatable bonds is 4. The summed E-state index contributed by atoms with van der Waals surface area (Å²) in [6, 6.07) is 8.70. The lowest BCUT2D eigenvalue weighted by Gasteiger charge is -2.36. The first-order chi connectivity index (χ1) is 13.0. The number of hydrogen-bond donors (Lipinski definition) is 3. The van der Waals surface area contributed by atoms with E-state index < -0.39 is 0 Å². The Morgan fingerprint density at radius 3 is 2.74 bits per heavy atom. The van der Waals surface area contributed by atoms with Crippen molar-refractivity contribution in [2.45, 2.75) is 24.9 Å². The topological polar surface area (TPSA) is 82.2 Å². The second-order valence-electron chi connectivity index (χ2n) is 7.41. The van der Waals surface area contributed by atoms with E-state index >= 15 is 0 Å². The Hall–Kier alpha value is -1.93. The number of nitrogens with zero attached hydrogens (tertiary/aromatic N) is 2. The molecule has 0 saturated carbocycles. The fraction of sp³-hybridized carbons (Fsp3) is 0.474. The number of hydrogen-bond acceptors (Lipinski definition) is 5. The molecule has 2 aliphatic rings. The molecule has 1 aromatic carbocycles. The molecule has 4 rings (SSSR count). The zero-order chi connectivity index (χ0) is 19.0. The van der Waals surface area contributed by atoms with Gasteiger partial charge < -0.3 is 9.88 Å². The first-order valence-corrected chi connectivity index (χ1v) is 9.67. The Morgan fingerprint density at radius 1 is 1.19 bits per heavy atom. The van der Waals surface area contributed by atoms with Gasteiger partial charge in [-0.25, -0.2) is 10.2 Å². The summed E-state index contributed by atoms with van der Waals surface area (Å²) >= 11 is 6.02. The van der Waals surface area contributed by atoms with Crippen LogP contribution in [0.3, 0.4) is 0 Å². The van der Waals surface area contributed by atoms with Crippen molar-refractivity contribution >= 4 is 11.6 Å². The Morgan fingerprint density at radius 2 is 1.96 bits per heavy atom. The van der Waals surface area contributed by atoms with Crippen molar-refractivity contribution in [1.82, 2.24) is 25.3 Å². The molecule has 0 bridgehead atoms. The van der Waals surface area contributed by atoms with E-state index in [2.05, 4.69) is 32.9 Å². The van der Waals surface area contributed by atoms with Crippen molar-refractivity contribution in [1.29, 1.82) is 0 Å². The standard InChI is InChI=1S/C19H24ClN5O2/c1-24-18(26)13(10-21-19(24)27)6-8-25-9-7-16-15(11-25)17(23-22-16)12-2-4-14(20)5-3-12/h2-5,10,15-17,22-23H,6-9,11H2,1H3,(H,21,27). The van der Waals surface area contributed by atoms with E-state index in [1.165, 1.54) is 12.6 Å². The van der Waals surface area contributed by atoms with Gasteiger partial charge in [0, 0.05) is 48.9 Å². The number of aromatic nitrogens is 2. The van der Waals surface area contributed by atoms with Gasteiger partial charge in [0.25, 0.3) is 5.56 Å². The van der Waals surface area contributed by atoms with Crippen molar-refractivity contribution in [2.24, 2.45) is 13.0 Å². The molecule has 1 aromatic heterocycles. The van der Waals surface area contributed by atoms with E-state index in [-0.39, 0.29) is 17.3 Å². The number of fused-ring (bicyclic) bond motifs is 1. The first-order valence-electron chi connectivity index (χ1n) is 9.29. The monoisotopic (exact) mass is 389 g/mol. The van der Waals surface area contributed by atoms with Crippen molar-refractivity contribution in [2.75, 3.05) is 19.6 Å². The summed E-state index contributed by atoms with van der Waals surface area (Å²) < 4.78 is 1.13. The van der Waals surface area contributed by atoms with Gasteiger partial charge in [0.05, 0.1) is 6.04 Å². The molecule has 2 saturated heterocycles. The third-order valence-corrected chi connectivity index (χ3v) is 6.03. The maximum absolute atomic E-state index is 12.2. The lowest BCUT2D eigenvalue weighted by molar-refractivity contribution is 0.156. The van der Waals surface area contributed by atoms with Crippen LogP contribution in [0.2, 0.25) is 5.02 Å². The molecular formula is C19H24ClN5O2. The van der Waals surface area contributed by atoms with Crippen LogP contribution >= 0.6 is 11.6 Å². The third kappa shape index (κ3) is 3.73. The largest absolute Gasteiger partial charge is 0.328 e. The Kier molecular flexibility index (Phi) is 5.19. The summed E-state index contributed by atoms with van der Waals surface area (Å²) in [5, 5.41) is 0.744. The van der Waals surface area contributed by atoms with E-state index in [4.69, 9.17) is 11.6 Å². The lowest BCUT2D eigenvalue weighted by Crippen LogP contribution is -2.46. The summed E-state index contributed by atoms with van der Waals surface area (Å²) in [6.07, 6.45) is 3.24. The zero-order valence-corrected chi connectivity index (χ0v) is 16.0. The molecule has 27 heavy (non-hydrogen) atoms. The second kappa shape index (κ2) is 7.59. The minimum Gasteiger partial charge on any atom is -0.314 e. The molecule has 3 N–H and O–H groups in total. The summed E-state index contributed by atoms with van der Waals surface area (Å²) in [4.78, 5) is 28.7.